The number of nitrogens with one attached hydrogen (secondary N) is 1. The third kappa shape index (κ3) is 3.26. The molecule has 15 heavy (non-hydrogen) atoms. The van der Waals surface area contributed by atoms with Gasteiger partial charge in [-0.15, -0.1) is 0 Å². The molecule has 0 saturated carbocycles. The van der Waals surface area contributed by atoms with Crippen molar-refractivity contribution in [2.24, 2.45) is 11.7 Å². The zero-order valence-corrected chi connectivity index (χ0v) is 8.86. The van der Waals surface area contributed by atoms with Gasteiger partial charge in [0.1, 0.15) is 12.1 Å². The molecule has 0 spiro atoms. The van der Waals surface area contributed by atoms with Crippen LogP contribution in [0.2, 0.25) is 0 Å². The minimum atomic E-state index is -0.767. The Bertz CT molecular complexity index is 236. The Morgan fingerprint density at radius 3 is 2.67 bits per heavy atom. The number of carbonyl (C=O) groups excluding carboxylic acids is 2. The Morgan fingerprint density at radius 1 is 1.53 bits per heavy atom. The number of rotatable bonds is 3. The molecule has 1 aliphatic rings. The zero-order valence-electron chi connectivity index (χ0n) is 8.86. The highest BCUT2D eigenvalue weighted by molar-refractivity contribution is 5.91. The molecule has 0 aromatic carbocycles. The zero-order chi connectivity index (χ0) is 11.4. The summed E-state index contributed by atoms with van der Waals surface area (Å²) in [6, 6.07) is -1.33. The van der Waals surface area contributed by atoms with Crippen LogP contribution in [-0.4, -0.2) is 37.4 Å². The molecule has 0 bridgehead atoms. The van der Waals surface area contributed by atoms with Crippen LogP contribution in [0.15, 0.2) is 0 Å². The Hall–Kier alpha value is -0.980. The summed E-state index contributed by atoms with van der Waals surface area (Å²) in [6.07, 6.45) is 0. The van der Waals surface area contributed by atoms with E-state index in [-0.39, 0.29) is 12.5 Å². The molecular weight excluding hydrogens is 200 g/mol. The third-order valence-corrected chi connectivity index (χ3v) is 2.19. The van der Waals surface area contributed by atoms with Crippen molar-refractivity contribution in [2.45, 2.75) is 25.9 Å². The predicted octanol–water partition coefficient (Wildman–Crippen LogP) is -1.01. The van der Waals surface area contributed by atoms with Gasteiger partial charge in [0.2, 0.25) is 0 Å². The first kappa shape index (κ1) is 12.1. The second kappa shape index (κ2) is 5.20. The summed E-state index contributed by atoms with van der Waals surface area (Å²) in [5, 5.41) is 2.74. The Morgan fingerprint density at radius 2 is 2.20 bits per heavy atom. The second-order valence-electron chi connectivity index (χ2n) is 3.78. The van der Waals surface area contributed by atoms with Crippen LogP contribution >= 0.6 is 0 Å². The SMILES string of the molecule is CC(C)C(N)C(=O)OC(=O)C1COCN1. The van der Waals surface area contributed by atoms with Crippen molar-refractivity contribution < 1.29 is 19.1 Å². The molecule has 6 heteroatoms. The van der Waals surface area contributed by atoms with Crippen molar-refractivity contribution in [3.8, 4) is 0 Å². The van der Waals surface area contributed by atoms with Gasteiger partial charge in [-0.25, -0.2) is 9.59 Å². The normalized spacial score (nSPS) is 22.8. The van der Waals surface area contributed by atoms with E-state index < -0.39 is 24.0 Å². The Kier molecular flexibility index (Phi) is 4.19. The van der Waals surface area contributed by atoms with Crippen LogP contribution in [0.1, 0.15) is 13.8 Å². The molecule has 86 valence electrons. The van der Waals surface area contributed by atoms with Gasteiger partial charge < -0.3 is 15.2 Å². The minimum absolute atomic E-state index is 0.0573. The van der Waals surface area contributed by atoms with Gasteiger partial charge in [0, 0.05) is 0 Å². The van der Waals surface area contributed by atoms with Crippen LogP contribution in [0.3, 0.4) is 0 Å². The molecule has 1 saturated heterocycles. The lowest BCUT2D eigenvalue weighted by Crippen LogP contribution is -2.42. The van der Waals surface area contributed by atoms with Crippen molar-refractivity contribution >= 4 is 11.9 Å². The fourth-order valence-corrected chi connectivity index (χ4v) is 1.06. The van der Waals surface area contributed by atoms with E-state index in [9.17, 15) is 9.59 Å². The number of hydrogen-bond acceptors (Lipinski definition) is 6. The van der Waals surface area contributed by atoms with Crippen molar-refractivity contribution in [2.75, 3.05) is 13.3 Å². The van der Waals surface area contributed by atoms with E-state index in [1.165, 1.54) is 0 Å². The molecule has 1 fully saturated rings. The molecule has 1 heterocycles. The van der Waals surface area contributed by atoms with E-state index in [1.54, 1.807) is 13.8 Å². The van der Waals surface area contributed by atoms with Gasteiger partial charge in [-0.05, 0) is 5.92 Å². The smallest absolute Gasteiger partial charge is 0.333 e. The molecule has 0 aromatic rings. The highest BCUT2D eigenvalue weighted by Crippen LogP contribution is 2.03. The average molecular weight is 216 g/mol. The summed E-state index contributed by atoms with van der Waals surface area (Å²) >= 11 is 0. The molecule has 3 N–H and O–H groups in total. The molecule has 1 aliphatic heterocycles. The van der Waals surface area contributed by atoms with E-state index >= 15 is 0 Å². The summed E-state index contributed by atoms with van der Waals surface area (Å²) in [5.41, 5.74) is 5.53. The number of hydrogen-bond donors (Lipinski definition) is 2. The first-order chi connectivity index (χ1) is 7.02. The monoisotopic (exact) mass is 216 g/mol. The molecule has 6 nitrogen and oxygen atoms in total. The van der Waals surface area contributed by atoms with Gasteiger partial charge >= 0.3 is 11.9 Å². The standard InChI is InChI=1S/C9H16N2O4/c1-5(2)7(10)9(13)15-8(12)6-3-14-4-11-6/h5-7,11H,3-4,10H2,1-2H3. The van der Waals surface area contributed by atoms with E-state index in [4.69, 9.17) is 10.5 Å². The van der Waals surface area contributed by atoms with Crippen LogP contribution < -0.4 is 11.1 Å². The summed E-state index contributed by atoms with van der Waals surface area (Å²) in [7, 11) is 0. The lowest BCUT2D eigenvalue weighted by molar-refractivity contribution is -0.162. The largest absolute Gasteiger partial charge is 0.391 e. The molecule has 0 aliphatic carbocycles. The second-order valence-corrected chi connectivity index (χ2v) is 3.78. The minimum Gasteiger partial charge on any atom is -0.391 e. The highest BCUT2D eigenvalue weighted by atomic mass is 16.6. The molecule has 2 atom stereocenters. The highest BCUT2D eigenvalue weighted by Gasteiger charge is 2.29. The lowest BCUT2D eigenvalue weighted by atomic mass is 10.1. The fourth-order valence-electron chi connectivity index (χ4n) is 1.06. The number of nitrogens with two attached hydrogens (primary N) is 1. The van der Waals surface area contributed by atoms with E-state index in [0.29, 0.717) is 6.73 Å². The molecule has 0 radical (unpaired) electrons. The van der Waals surface area contributed by atoms with E-state index in [0.717, 1.165) is 0 Å². The topological polar surface area (TPSA) is 90.7 Å². The summed E-state index contributed by atoms with van der Waals surface area (Å²) in [5.74, 6) is -1.38. The van der Waals surface area contributed by atoms with Crippen LogP contribution in [0.4, 0.5) is 0 Å². The molecule has 2 unspecified atom stereocenters. The van der Waals surface area contributed by atoms with E-state index in [2.05, 4.69) is 10.1 Å². The fraction of sp³-hybridized carbons (Fsp3) is 0.778. The van der Waals surface area contributed by atoms with Crippen molar-refractivity contribution in [1.82, 2.24) is 5.32 Å². The van der Waals surface area contributed by atoms with Gasteiger partial charge in [0.05, 0.1) is 13.3 Å². The summed E-state index contributed by atoms with van der Waals surface area (Å²) in [6.45, 7) is 4.09. The summed E-state index contributed by atoms with van der Waals surface area (Å²) < 4.78 is 9.53. The van der Waals surface area contributed by atoms with Gasteiger partial charge in [0.15, 0.2) is 0 Å². The van der Waals surface area contributed by atoms with Gasteiger partial charge in [0.25, 0.3) is 0 Å². The maximum absolute atomic E-state index is 11.3. The molecule has 1 rings (SSSR count). The number of ether oxygens (including phenoxy) is 2. The lowest BCUT2D eigenvalue weighted by Gasteiger charge is -2.14. The van der Waals surface area contributed by atoms with Crippen LogP contribution in [0, 0.1) is 5.92 Å². The molecule has 0 aromatic heterocycles. The Balaban J connectivity index is 2.40. The maximum Gasteiger partial charge on any atom is 0.333 e. The van der Waals surface area contributed by atoms with Crippen molar-refractivity contribution in [3.63, 3.8) is 0 Å². The molecule has 0 amide bonds. The van der Waals surface area contributed by atoms with Crippen molar-refractivity contribution in [3.05, 3.63) is 0 Å². The maximum atomic E-state index is 11.3. The summed E-state index contributed by atoms with van der Waals surface area (Å²) in [4.78, 5) is 22.7. The first-order valence-electron chi connectivity index (χ1n) is 4.84. The number of esters is 2. The van der Waals surface area contributed by atoms with Crippen LogP contribution in [-0.2, 0) is 19.1 Å². The quantitative estimate of drug-likeness (QED) is 0.464. The van der Waals surface area contributed by atoms with Gasteiger partial charge in [-0.2, -0.15) is 0 Å². The number of carbonyl (C=O) groups is 2. The first-order valence-corrected chi connectivity index (χ1v) is 4.84. The van der Waals surface area contributed by atoms with Crippen LogP contribution in [0.25, 0.3) is 0 Å². The molecular formula is C9H16N2O4. The van der Waals surface area contributed by atoms with Gasteiger partial charge in [-0.1, -0.05) is 13.8 Å². The Labute approximate surface area is 88.1 Å². The van der Waals surface area contributed by atoms with Crippen molar-refractivity contribution in [1.29, 1.82) is 0 Å². The predicted molar refractivity (Wildman–Crippen MR) is 51.7 cm³/mol. The van der Waals surface area contributed by atoms with Crippen LogP contribution in [0.5, 0.6) is 0 Å². The third-order valence-electron chi connectivity index (χ3n) is 2.19. The van der Waals surface area contributed by atoms with Gasteiger partial charge in [-0.3, -0.25) is 5.32 Å². The average Bonchev–Trinajstić information content (AvgIpc) is 2.68. The van der Waals surface area contributed by atoms with E-state index in [1.807, 2.05) is 0 Å².